The minimum Gasteiger partial charge on any atom is -0.349 e. The van der Waals surface area contributed by atoms with Gasteiger partial charge in [0.2, 0.25) is 0 Å². The maximum Gasteiger partial charge on any atom is 0.272 e. The number of amides is 1. The molecule has 0 saturated heterocycles. The predicted octanol–water partition coefficient (Wildman–Crippen LogP) is 3.95. The molecule has 0 fully saturated rings. The fourth-order valence-corrected chi connectivity index (χ4v) is 2.94. The van der Waals surface area contributed by atoms with Gasteiger partial charge in [0.15, 0.2) is 6.29 Å². The van der Waals surface area contributed by atoms with Crippen LogP contribution in [0.1, 0.15) is 20.8 Å². The minimum absolute atomic E-state index is 0.275. The summed E-state index contributed by atoms with van der Waals surface area (Å²) >= 11 is 7.21. The molecule has 0 spiro atoms. The molecular weight excluding hydrogens is 296 g/mol. The standard InChI is InChI=1S/C14H9ClN2O2S/c15-8-1-3-9(4-2-8)16-14(19)12-10(7-18)13-11(17-12)5-6-20-13/h1-7,17H,(H,16,19). The van der Waals surface area contributed by atoms with E-state index in [2.05, 4.69) is 10.3 Å². The van der Waals surface area contributed by atoms with Crippen LogP contribution < -0.4 is 5.32 Å². The van der Waals surface area contributed by atoms with Crippen molar-refractivity contribution in [2.24, 2.45) is 0 Å². The lowest BCUT2D eigenvalue weighted by Gasteiger charge is -2.04. The second-order valence-corrected chi connectivity index (χ2v) is 5.51. The van der Waals surface area contributed by atoms with E-state index in [-0.39, 0.29) is 11.6 Å². The number of carbonyl (C=O) groups is 2. The summed E-state index contributed by atoms with van der Waals surface area (Å²) < 4.78 is 0.793. The van der Waals surface area contributed by atoms with Gasteiger partial charge in [-0.2, -0.15) is 0 Å². The molecule has 0 aliphatic heterocycles. The summed E-state index contributed by atoms with van der Waals surface area (Å²) in [5, 5.41) is 5.19. The first-order chi connectivity index (χ1) is 9.69. The number of hydrogen-bond acceptors (Lipinski definition) is 3. The Labute approximate surface area is 123 Å². The Hall–Kier alpha value is -2.11. The topological polar surface area (TPSA) is 62.0 Å². The number of aromatic nitrogens is 1. The Morgan fingerprint density at radius 1 is 1.25 bits per heavy atom. The molecule has 4 nitrogen and oxygen atoms in total. The van der Waals surface area contributed by atoms with E-state index in [0.29, 0.717) is 22.6 Å². The number of carbonyl (C=O) groups excluding carboxylic acids is 2. The summed E-state index contributed by atoms with van der Waals surface area (Å²) in [6.45, 7) is 0. The van der Waals surface area contributed by atoms with Gasteiger partial charge in [-0.3, -0.25) is 9.59 Å². The Bertz CT molecular complexity index is 789. The quantitative estimate of drug-likeness (QED) is 0.720. The summed E-state index contributed by atoms with van der Waals surface area (Å²) in [4.78, 5) is 26.4. The zero-order valence-corrected chi connectivity index (χ0v) is 11.7. The molecule has 2 aromatic heterocycles. The summed E-state index contributed by atoms with van der Waals surface area (Å²) in [7, 11) is 0. The van der Waals surface area contributed by atoms with Gasteiger partial charge < -0.3 is 10.3 Å². The summed E-state index contributed by atoms with van der Waals surface area (Å²) in [6.07, 6.45) is 0.701. The number of aromatic amines is 1. The maximum absolute atomic E-state index is 12.2. The molecule has 2 heterocycles. The van der Waals surface area contributed by atoms with Gasteiger partial charge in [0, 0.05) is 10.7 Å². The SMILES string of the molecule is O=Cc1c(C(=O)Nc2ccc(Cl)cc2)[nH]c2ccsc12. The second-order valence-electron chi connectivity index (χ2n) is 4.16. The van der Waals surface area contributed by atoms with E-state index in [1.807, 2.05) is 11.4 Å². The molecule has 0 bridgehead atoms. The van der Waals surface area contributed by atoms with Crippen molar-refractivity contribution in [3.05, 3.63) is 52.0 Å². The lowest BCUT2D eigenvalue weighted by Crippen LogP contribution is -2.14. The third-order valence-corrected chi connectivity index (χ3v) is 4.09. The van der Waals surface area contributed by atoms with E-state index in [4.69, 9.17) is 11.6 Å². The minimum atomic E-state index is -0.349. The monoisotopic (exact) mass is 304 g/mol. The first kappa shape index (κ1) is 12.9. The molecular formula is C14H9ClN2O2S. The van der Waals surface area contributed by atoms with E-state index in [0.717, 1.165) is 10.2 Å². The van der Waals surface area contributed by atoms with Crippen molar-refractivity contribution in [1.29, 1.82) is 0 Å². The molecule has 0 aliphatic carbocycles. The highest BCUT2D eigenvalue weighted by molar-refractivity contribution is 7.17. The van der Waals surface area contributed by atoms with E-state index < -0.39 is 0 Å². The fraction of sp³-hybridized carbons (Fsp3) is 0. The molecule has 6 heteroatoms. The van der Waals surface area contributed by atoms with Gasteiger partial charge in [0.25, 0.3) is 5.91 Å². The van der Waals surface area contributed by atoms with E-state index in [1.54, 1.807) is 24.3 Å². The molecule has 0 aliphatic rings. The third kappa shape index (κ3) is 2.21. The highest BCUT2D eigenvalue weighted by Gasteiger charge is 2.18. The van der Waals surface area contributed by atoms with E-state index >= 15 is 0 Å². The van der Waals surface area contributed by atoms with Gasteiger partial charge in [-0.05, 0) is 35.7 Å². The van der Waals surface area contributed by atoms with Crippen LogP contribution in [-0.4, -0.2) is 17.2 Å². The Balaban J connectivity index is 1.94. The lowest BCUT2D eigenvalue weighted by atomic mass is 10.2. The van der Waals surface area contributed by atoms with Crippen molar-refractivity contribution in [3.8, 4) is 0 Å². The number of halogens is 1. The smallest absolute Gasteiger partial charge is 0.272 e. The zero-order chi connectivity index (χ0) is 14.1. The van der Waals surface area contributed by atoms with Gasteiger partial charge in [-0.25, -0.2) is 0 Å². The molecule has 3 aromatic rings. The summed E-state index contributed by atoms with van der Waals surface area (Å²) in [6, 6.07) is 8.61. The van der Waals surface area contributed by atoms with Crippen molar-refractivity contribution in [1.82, 2.24) is 4.98 Å². The molecule has 3 rings (SSSR count). The predicted molar refractivity (Wildman–Crippen MR) is 81.0 cm³/mol. The molecule has 1 amide bonds. The molecule has 1 aromatic carbocycles. The molecule has 100 valence electrons. The number of anilines is 1. The number of hydrogen-bond donors (Lipinski definition) is 2. The van der Waals surface area contributed by atoms with Crippen LogP contribution in [0.4, 0.5) is 5.69 Å². The highest BCUT2D eigenvalue weighted by atomic mass is 35.5. The van der Waals surface area contributed by atoms with Crippen LogP contribution in [0, 0.1) is 0 Å². The normalized spacial score (nSPS) is 10.7. The number of benzene rings is 1. The fourth-order valence-electron chi connectivity index (χ4n) is 1.95. The Morgan fingerprint density at radius 2 is 2.00 bits per heavy atom. The lowest BCUT2D eigenvalue weighted by molar-refractivity contribution is 0.101. The molecule has 0 radical (unpaired) electrons. The number of fused-ring (bicyclic) bond motifs is 1. The molecule has 0 saturated carbocycles. The van der Waals surface area contributed by atoms with Crippen LogP contribution >= 0.6 is 22.9 Å². The van der Waals surface area contributed by atoms with Crippen LogP contribution in [0.3, 0.4) is 0 Å². The van der Waals surface area contributed by atoms with Gasteiger partial charge in [0.05, 0.1) is 15.8 Å². The number of H-pyrrole nitrogens is 1. The molecule has 20 heavy (non-hydrogen) atoms. The van der Waals surface area contributed by atoms with Crippen LogP contribution in [-0.2, 0) is 0 Å². The second kappa shape index (κ2) is 5.11. The Kier molecular flexibility index (Phi) is 3.30. The van der Waals surface area contributed by atoms with Gasteiger partial charge in [0.1, 0.15) is 5.69 Å². The summed E-state index contributed by atoms with van der Waals surface area (Å²) in [5.41, 5.74) is 2.07. The number of nitrogens with one attached hydrogen (secondary N) is 2. The van der Waals surface area contributed by atoms with Crippen molar-refractivity contribution in [3.63, 3.8) is 0 Å². The van der Waals surface area contributed by atoms with E-state index in [9.17, 15) is 9.59 Å². The molecule has 0 atom stereocenters. The van der Waals surface area contributed by atoms with Crippen molar-refractivity contribution in [2.75, 3.05) is 5.32 Å². The van der Waals surface area contributed by atoms with Gasteiger partial charge in [-0.15, -0.1) is 11.3 Å². The zero-order valence-electron chi connectivity index (χ0n) is 10.1. The average molecular weight is 305 g/mol. The van der Waals surface area contributed by atoms with Crippen molar-refractivity contribution in [2.45, 2.75) is 0 Å². The third-order valence-electron chi connectivity index (χ3n) is 2.89. The van der Waals surface area contributed by atoms with Crippen LogP contribution in [0.2, 0.25) is 5.02 Å². The first-order valence-electron chi connectivity index (χ1n) is 5.80. The van der Waals surface area contributed by atoms with Crippen molar-refractivity contribution < 1.29 is 9.59 Å². The molecule has 0 unspecified atom stereocenters. The number of thiophene rings is 1. The highest BCUT2D eigenvalue weighted by Crippen LogP contribution is 2.27. The maximum atomic E-state index is 12.2. The van der Waals surface area contributed by atoms with Gasteiger partial charge in [-0.1, -0.05) is 11.6 Å². The number of rotatable bonds is 3. The van der Waals surface area contributed by atoms with Crippen LogP contribution in [0.15, 0.2) is 35.7 Å². The summed E-state index contributed by atoms with van der Waals surface area (Å²) in [5.74, 6) is -0.349. The number of aldehydes is 1. The first-order valence-corrected chi connectivity index (χ1v) is 7.06. The largest absolute Gasteiger partial charge is 0.349 e. The Morgan fingerprint density at radius 3 is 2.70 bits per heavy atom. The van der Waals surface area contributed by atoms with Crippen molar-refractivity contribution >= 4 is 51.0 Å². The van der Waals surface area contributed by atoms with Gasteiger partial charge >= 0.3 is 0 Å². The van der Waals surface area contributed by atoms with Crippen LogP contribution in [0.25, 0.3) is 10.2 Å². The molecule has 2 N–H and O–H groups in total. The van der Waals surface area contributed by atoms with E-state index in [1.165, 1.54) is 11.3 Å². The van der Waals surface area contributed by atoms with Crippen LogP contribution in [0.5, 0.6) is 0 Å². The average Bonchev–Trinajstić information content (AvgIpc) is 3.01.